The van der Waals surface area contributed by atoms with Crippen LogP contribution >= 0.6 is 0 Å². The molecule has 2 aliphatic rings. The second-order valence-electron chi connectivity index (χ2n) is 9.13. The molecule has 6 heteroatoms. The van der Waals surface area contributed by atoms with Crippen molar-refractivity contribution < 1.29 is 14.3 Å². The number of para-hydroxylation sites is 1. The second-order valence-corrected chi connectivity index (χ2v) is 9.13. The molecule has 6 nitrogen and oxygen atoms in total. The predicted molar refractivity (Wildman–Crippen MR) is 115 cm³/mol. The van der Waals surface area contributed by atoms with Gasteiger partial charge < -0.3 is 19.9 Å². The Labute approximate surface area is 174 Å². The van der Waals surface area contributed by atoms with E-state index in [2.05, 4.69) is 43.1 Å². The molecule has 2 heterocycles. The van der Waals surface area contributed by atoms with Crippen molar-refractivity contribution in [2.24, 2.45) is 5.41 Å². The maximum Gasteiger partial charge on any atom is 0.305 e. The minimum Gasteiger partial charge on any atom is -0.466 e. The van der Waals surface area contributed by atoms with Gasteiger partial charge in [-0.3, -0.25) is 9.59 Å². The number of piperidine rings is 1. The van der Waals surface area contributed by atoms with Crippen molar-refractivity contribution in [3.8, 4) is 0 Å². The van der Waals surface area contributed by atoms with E-state index in [0.717, 1.165) is 31.6 Å². The molecule has 1 N–H and O–H groups in total. The second kappa shape index (κ2) is 8.74. The van der Waals surface area contributed by atoms with Gasteiger partial charge in [0.1, 0.15) is 11.7 Å². The first-order chi connectivity index (χ1) is 13.8. The molecule has 1 spiro atoms. The molecule has 0 radical (unpaired) electrons. The van der Waals surface area contributed by atoms with Gasteiger partial charge in [0, 0.05) is 24.1 Å². The van der Waals surface area contributed by atoms with Gasteiger partial charge in [-0.05, 0) is 51.4 Å². The van der Waals surface area contributed by atoms with Gasteiger partial charge in [-0.1, -0.05) is 39.0 Å². The number of rotatable bonds is 6. The van der Waals surface area contributed by atoms with E-state index >= 15 is 0 Å². The van der Waals surface area contributed by atoms with Gasteiger partial charge in [0.25, 0.3) is 0 Å². The van der Waals surface area contributed by atoms with E-state index < -0.39 is 5.54 Å². The summed E-state index contributed by atoms with van der Waals surface area (Å²) < 4.78 is 5.07. The van der Waals surface area contributed by atoms with Crippen LogP contribution in [0, 0.1) is 5.41 Å². The predicted octanol–water partition coefficient (Wildman–Crippen LogP) is 3.17. The van der Waals surface area contributed by atoms with Crippen molar-refractivity contribution in [1.29, 1.82) is 0 Å². The fourth-order valence-corrected chi connectivity index (χ4v) is 4.83. The van der Waals surface area contributed by atoms with Gasteiger partial charge in [-0.15, -0.1) is 0 Å². The summed E-state index contributed by atoms with van der Waals surface area (Å²) in [6, 6.07) is 10.3. The SMILES string of the molecule is CCOC(=O)CCCN1C(=O)C2(CCNCC2)N(c2ccccc2)C1C(C)(C)C. The molecule has 0 aliphatic carbocycles. The third kappa shape index (κ3) is 4.27. The minimum atomic E-state index is -0.519. The molecule has 1 unspecified atom stereocenters. The maximum absolute atomic E-state index is 13.9. The Morgan fingerprint density at radius 1 is 1.21 bits per heavy atom. The first-order valence-electron chi connectivity index (χ1n) is 10.8. The Kier molecular flexibility index (Phi) is 6.52. The number of benzene rings is 1. The summed E-state index contributed by atoms with van der Waals surface area (Å²) in [7, 11) is 0. The molecule has 29 heavy (non-hydrogen) atoms. The van der Waals surface area contributed by atoms with E-state index in [1.54, 1.807) is 0 Å². The molecule has 3 rings (SSSR count). The molecule has 2 aliphatic heterocycles. The summed E-state index contributed by atoms with van der Waals surface area (Å²) in [6.45, 7) is 11.0. The number of hydrogen-bond acceptors (Lipinski definition) is 5. The number of nitrogens with one attached hydrogen (secondary N) is 1. The van der Waals surface area contributed by atoms with Crippen molar-refractivity contribution in [3.63, 3.8) is 0 Å². The van der Waals surface area contributed by atoms with E-state index in [1.165, 1.54) is 0 Å². The summed E-state index contributed by atoms with van der Waals surface area (Å²) in [5.41, 5.74) is 0.439. The molecule has 1 aromatic rings. The molecule has 2 fully saturated rings. The van der Waals surface area contributed by atoms with Gasteiger partial charge >= 0.3 is 5.97 Å². The van der Waals surface area contributed by atoms with Gasteiger partial charge in [0.2, 0.25) is 5.91 Å². The topological polar surface area (TPSA) is 61.9 Å². The smallest absolute Gasteiger partial charge is 0.305 e. The van der Waals surface area contributed by atoms with Crippen molar-refractivity contribution in [3.05, 3.63) is 30.3 Å². The molecule has 0 bridgehead atoms. The average molecular weight is 402 g/mol. The Morgan fingerprint density at radius 3 is 2.45 bits per heavy atom. The largest absolute Gasteiger partial charge is 0.466 e. The molecule has 0 saturated carbocycles. The summed E-state index contributed by atoms with van der Waals surface area (Å²) in [5, 5.41) is 3.41. The Balaban J connectivity index is 1.95. The fraction of sp³-hybridized carbons (Fsp3) is 0.652. The Morgan fingerprint density at radius 2 is 1.86 bits per heavy atom. The van der Waals surface area contributed by atoms with E-state index in [1.807, 2.05) is 30.0 Å². The van der Waals surface area contributed by atoms with Gasteiger partial charge in [-0.25, -0.2) is 0 Å². The van der Waals surface area contributed by atoms with Crippen LogP contribution < -0.4 is 10.2 Å². The zero-order valence-electron chi connectivity index (χ0n) is 18.2. The molecule has 1 aromatic carbocycles. The van der Waals surface area contributed by atoms with Crippen LogP contribution in [0.3, 0.4) is 0 Å². The minimum absolute atomic E-state index is 0.0577. The molecular weight excluding hydrogens is 366 g/mol. The zero-order chi connectivity index (χ0) is 21.1. The standard InChI is InChI=1S/C23H35N3O3/c1-5-29-19(27)12-9-17-25-20(22(2,3)4)26(18-10-7-6-8-11-18)23(21(25)28)13-15-24-16-14-23/h6-8,10-11,20,24H,5,9,12-17H2,1-4H3. The number of ether oxygens (including phenoxy) is 1. The van der Waals surface area contributed by atoms with Crippen molar-refractivity contribution in [2.45, 2.75) is 65.1 Å². The van der Waals surface area contributed by atoms with Crippen molar-refractivity contribution in [1.82, 2.24) is 10.2 Å². The summed E-state index contributed by atoms with van der Waals surface area (Å²) in [5.74, 6) is 0.00888. The first kappa shape index (κ1) is 21.6. The summed E-state index contributed by atoms with van der Waals surface area (Å²) >= 11 is 0. The van der Waals surface area contributed by atoms with E-state index in [-0.39, 0.29) is 23.5 Å². The lowest BCUT2D eigenvalue weighted by molar-refractivity contribution is -0.144. The van der Waals surface area contributed by atoms with Gasteiger partial charge in [-0.2, -0.15) is 0 Å². The quantitative estimate of drug-likeness (QED) is 0.742. The molecule has 0 aromatic heterocycles. The third-order valence-corrected chi connectivity index (χ3v) is 5.98. The van der Waals surface area contributed by atoms with Crippen LogP contribution in [-0.2, 0) is 14.3 Å². The van der Waals surface area contributed by atoms with Gasteiger partial charge in [0.15, 0.2) is 0 Å². The fourth-order valence-electron chi connectivity index (χ4n) is 4.83. The molecule has 1 atom stereocenters. The summed E-state index contributed by atoms with van der Waals surface area (Å²) in [6.07, 6.45) is 2.49. The number of nitrogens with zero attached hydrogens (tertiary/aromatic N) is 2. The van der Waals surface area contributed by atoms with Crippen molar-refractivity contribution >= 4 is 17.6 Å². The Hall–Kier alpha value is -2.08. The number of carbonyl (C=O) groups is 2. The third-order valence-electron chi connectivity index (χ3n) is 5.98. The monoisotopic (exact) mass is 401 g/mol. The van der Waals surface area contributed by atoms with Crippen LogP contribution in [-0.4, -0.2) is 54.7 Å². The number of esters is 1. The molecule has 160 valence electrons. The van der Waals surface area contributed by atoms with Crippen LogP contribution in [0.4, 0.5) is 5.69 Å². The highest BCUT2D eigenvalue weighted by atomic mass is 16.5. The maximum atomic E-state index is 13.9. The molecule has 2 saturated heterocycles. The van der Waals surface area contributed by atoms with Crippen LogP contribution in [0.15, 0.2) is 30.3 Å². The number of carbonyl (C=O) groups excluding carboxylic acids is 2. The van der Waals surface area contributed by atoms with Crippen LogP contribution in [0.2, 0.25) is 0 Å². The highest BCUT2D eigenvalue weighted by Gasteiger charge is 2.59. The lowest BCUT2D eigenvalue weighted by Gasteiger charge is -2.46. The number of amides is 1. The van der Waals surface area contributed by atoms with Crippen LogP contribution in [0.5, 0.6) is 0 Å². The lowest BCUT2D eigenvalue weighted by atomic mass is 9.84. The highest BCUT2D eigenvalue weighted by Crippen LogP contribution is 2.46. The normalized spacial score (nSPS) is 21.7. The molecule has 1 amide bonds. The highest BCUT2D eigenvalue weighted by molar-refractivity contribution is 5.94. The Bertz CT molecular complexity index is 708. The average Bonchev–Trinajstić information content (AvgIpc) is 2.92. The zero-order valence-corrected chi connectivity index (χ0v) is 18.2. The van der Waals surface area contributed by atoms with E-state index in [9.17, 15) is 9.59 Å². The van der Waals surface area contributed by atoms with E-state index in [4.69, 9.17) is 4.74 Å². The van der Waals surface area contributed by atoms with Gasteiger partial charge in [0.05, 0.1) is 6.61 Å². The lowest BCUT2D eigenvalue weighted by Crippen LogP contribution is -2.58. The number of anilines is 1. The summed E-state index contributed by atoms with van der Waals surface area (Å²) in [4.78, 5) is 30.1. The van der Waals surface area contributed by atoms with Crippen LogP contribution in [0.1, 0.15) is 53.4 Å². The van der Waals surface area contributed by atoms with Crippen LogP contribution in [0.25, 0.3) is 0 Å². The van der Waals surface area contributed by atoms with E-state index in [0.29, 0.717) is 26.0 Å². The first-order valence-corrected chi connectivity index (χ1v) is 10.8. The van der Waals surface area contributed by atoms with Crippen molar-refractivity contribution in [2.75, 3.05) is 31.1 Å². The molecular formula is C23H35N3O3. The number of hydrogen-bond donors (Lipinski definition) is 1.